The van der Waals surface area contributed by atoms with Crippen LogP contribution in [0.25, 0.3) is 0 Å². The first-order chi connectivity index (χ1) is 11.6. The minimum Gasteiger partial charge on any atom is -0.488 e. The van der Waals surface area contributed by atoms with E-state index in [4.69, 9.17) is 21.7 Å². The van der Waals surface area contributed by atoms with E-state index in [0.717, 1.165) is 39.4 Å². The van der Waals surface area contributed by atoms with Crippen LogP contribution in [0.1, 0.15) is 11.1 Å². The molecular formula is C18H17BrFNO2S. The molecule has 1 fully saturated rings. The predicted molar refractivity (Wildman–Crippen MR) is 99.0 cm³/mol. The van der Waals surface area contributed by atoms with Gasteiger partial charge in [0.2, 0.25) is 0 Å². The van der Waals surface area contributed by atoms with Crippen LogP contribution in [0.3, 0.4) is 0 Å². The van der Waals surface area contributed by atoms with E-state index in [9.17, 15) is 4.39 Å². The summed E-state index contributed by atoms with van der Waals surface area (Å²) in [6, 6.07) is 12.1. The largest absolute Gasteiger partial charge is 0.488 e. The Morgan fingerprint density at radius 1 is 1.17 bits per heavy atom. The molecule has 0 spiro atoms. The molecule has 0 N–H and O–H groups in total. The third-order valence-corrected chi connectivity index (χ3v) is 4.75. The molecule has 2 aromatic rings. The fourth-order valence-corrected chi connectivity index (χ4v) is 3.18. The normalized spacial score (nSPS) is 14.5. The molecule has 126 valence electrons. The molecule has 0 aromatic heterocycles. The highest BCUT2D eigenvalue weighted by atomic mass is 79.9. The molecule has 1 aliphatic rings. The zero-order chi connectivity index (χ0) is 16.9. The lowest BCUT2D eigenvalue weighted by Crippen LogP contribution is -2.40. The number of halogens is 2. The molecule has 1 aliphatic heterocycles. The van der Waals surface area contributed by atoms with Gasteiger partial charge in [0.15, 0.2) is 0 Å². The van der Waals surface area contributed by atoms with Gasteiger partial charge in [0.25, 0.3) is 0 Å². The topological polar surface area (TPSA) is 21.7 Å². The average Bonchev–Trinajstić information content (AvgIpc) is 2.62. The first kappa shape index (κ1) is 17.3. The van der Waals surface area contributed by atoms with Gasteiger partial charge in [-0.1, -0.05) is 40.3 Å². The van der Waals surface area contributed by atoms with Crippen LogP contribution in [0.4, 0.5) is 4.39 Å². The first-order valence-electron chi connectivity index (χ1n) is 7.67. The molecule has 0 aliphatic carbocycles. The standard InChI is InChI=1S/C18H17BrFNO2S/c19-14-3-6-17(23-12-13-1-4-15(20)5-2-13)16(11-14)18(24)21-7-9-22-10-8-21/h1-6,11H,7-10,12H2. The minimum absolute atomic E-state index is 0.253. The molecule has 0 radical (unpaired) electrons. The van der Waals surface area contributed by atoms with Crippen molar-refractivity contribution in [1.29, 1.82) is 0 Å². The zero-order valence-corrected chi connectivity index (χ0v) is 15.4. The van der Waals surface area contributed by atoms with E-state index in [2.05, 4.69) is 20.8 Å². The third-order valence-electron chi connectivity index (χ3n) is 3.78. The lowest BCUT2D eigenvalue weighted by molar-refractivity contribution is 0.0692. The Kier molecular flexibility index (Phi) is 5.81. The Balaban J connectivity index is 1.77. The third kappa shape index (κ3) is 4.32. The molecule has 1 heterocycles. The number of benzene rings is 2. The highest BCUT2D eigenvalue weighted by Crippen LogP contribution is 2.26. The van der Waals surface area contributed by atoms with Crippen molar-refractivity contribution in [2.45, 2.75) is 6.61 Å². The molecule has 24 heavy (non-hydrogen) atoms. The molecule has 3 rings (SSSR count). The summed E-state index contributed by atoms with van der Waals surface area (Å²) in [7, 11) is 0. The number of ether oxygens (including phenoxy) is 2. The van der Waals surface area contributed by atoms with E-state index in [1.165, 1.54) is 12.1 Å². The number of thiocarbonyl (C=S) groups is 1. The smallest absolute Gasteiger partial charge is 0.130 e. The zero-order valence-electron chi connectivity index (χ0n) is 13.0. The van der Waals surface area contributed by atoms with Gasteiger partial charge >= 0.3 is 0 Å². The Morgan fingerprint density at radius 3 is 2.58 bits per heavy atom. The minimum atomic E-state index is -0.253. The summed E-state index contributed by atoms with van der Waals surface area (Å²) in [4.78, 5) is 2.89. The lowest BCUT2D eigenvalue weighted by atomic mass is 10.1. The molecule has 6 heteroatoms. The van der Waals surface area contributed by atoms with Gasteiger partial charge in [-0.25, -0.2) is 4.39 Å². The van der Waals surface area contributed by atoms with Crippen molar-refractivity contribution in [3.8, 4) is 5.75 Å². The van der Waals surface area contributed by atoms with Crippen LogP contribution >= 0.6 is 28.1 Å². The number of morpholine rings is 1. The molecule has 2 aromatic carbocycles. The van der Waals surface area contributed by atoms with Crippen molar-refractivity contribution in [2.75, 3.05) is 26.3 Å². The van der Waals surface area contributed by atoms with Gasteiger partial charge in [0.05, 0.1) is 18.8 Å². The van der Waals surface area contributed by atoms with E-state index < -0.39 is 0 Å². The molecule has 0 saturated carbocycles. The number of hydrogen-bond acceptors (Lipinski definition) is 3. The van der Waals surface area contributed by atoms with Crippen molar-refractivity contribution in [2.24, 2.45) is 0 Å². The molecule has 0 amide bonds. The second-order valence-corrected chi connectivity index (χ2v) is 6.76. The Hall–Kier alpha value is -1.50. The summed E-state index contributed by atoms with van der Waals surface area (Å²) >= 11 is 9.15. The summed E-state index contributed by atoms with van der Waals surface area (Å²) in [5.74, 6) is 0.468. The van der Waals surface area contributed by atoms with Gasteiger partial charge in [-0.2, -0.15) is 0 Å². The number of nitrogens with zero attached hydrogens (tertiary/aromatic N) is 1. The number of hydrogen-bond donors (Lipinski definition) is 0. The van der Waals surface area contributed by atoms with Crippen molar-refractivity contribution < 1.29 is 13.9 Å². The monoisotopic (exact) mass is 409 g/mol. The molecular weight excluding hydrogens is 393 g/mol. The SMILES string of the molecule is Fc1ccc(COc2ccc(Br)cc2C(=S)N2CCOCC2)cc1. The van der Waals surface area contributed by atoms with Crippen LogP contribution in [0.2, 0.25) is 0 Å². The summed E-state index contributed by atoms with van der Waals surface area (Å²) in [5, 5.41) is 0. The maximum Gasteiger partial charge on any atom is 0.130 e. The van der Waals surface area contributed by atoms with E-state index in [1.807, 2.05) is 18.2 Å². The Bertz CT molecular complexity index is 717. The van der Waals surface area contributed by atoms with Crippen molar-refractivity contribution >= 4 is 33.1 Å². The number of rotatable bonds is 4. The van der Waals surface area contributed by atoms with E-state index in [-0.39, 0.29) is 5.82 Å². The Morgan fingerprint density at radius 2 is 1.88 bits per heavy atom. The molecule has 1 saturated heterocycles. The summed E-state index contributed by atoms with van der Waals surface area (Å²) in [5.41, 5.74) is 1.78. The second kappa shape index (κ2) is 8.05. The van der Waals surface area contributed by atoms with Crippen LogP contribution in [-0.4, -0.2) is 36.2 Å². The predicted octanol–water partition coefficient (Wildman–Crippen LogP) is 4.17. The van der Waals surface area contributed by atoms with Crippen molar-refractivity contribution in [1.82, 2.24) is 4.90 Å². The molecule has 3 nitrogen and oxygen atoms in total. The van der Waals surface area contributed by atoms with Gasteiger partial charge in [-0.15, -0.1) is 0 Å². The summed E-state index contributed by atoms with van der Waals surface area (Å²) < 4.78 is 25.3. The van der Waals surface area contributed by atoms with Crippen molar-refractivity contribution in [3.63, 3.8) is 0 Å². The van der Waals surface area contributed by atoms with Crippen LogP contribution < -0.4 is 4.74 Å². The molecule has 0 bridgehead atoms. The fourth-order valence-electron chi connectivity index (χ4n) is 2.47. The van der Waals surface area contributed by atoms with Crippen LogP contribution in [0.5, 0.6) is 5.75 Å². The van der Waals surface area contributed by atoms with E-state index in [0.29, 0.717) is 19.8 Å². The van der Waals surface area contributed by atoms with Gasteiger partial charge in [-0.05, 0) is 35.9 Å². The maximum atomic E-state index is 13.0. The fraction of sp³-hybridized carbons (Fsp3) is 0.278. The van der Waals surface area contributed by atoms with E-state index >= 15 is 0 Å². The second-order valence-electron chi connectivity index (χ2n) is 5.46. The first-order valence-corrected chi connectivity index (χ1v) is 8.87. The molecule has 0 atom stereocenters. The van der Waals surface area contributed by atoms with Gasteiger partial charge in [0, 0.05) is 17.6 Å². The van der Waals surface area contributed by atoms with Gasteiger partial charge < -0.3 is 14.4 Å². The Labute approximate surface area is 154 Å². The van der Waals surface area contributed by atoms with Crippen LogP contribution in [0, 0.1) is 5.82 Å². The van der Waals surface area contributed by atoms with Crippen molar-refractivity contribution in [3.05, 3.63) is 63.9 Å². The van der Waals surface area contributed by atoms with Crippen LogP contribution in [0.15, 0.2) is 46.9 Å². The summed E-state index contributed by atoms with van der Waals surface area (Å²) in [6.07, 6.45) is 0. The molecule has 0 unspecified atom stereocenters. The van der Waals surface area contributed by atoms with Crippen LogP contribution in [-0.2, 0) is 11.3 Å². The van der Waals surface area contributed by atoms with Gasteiger partial charge in [-0.3, -0.25) is 0 Å². The average molecular weight is 410 g/mol. The van der Waals surface area contributed by atoms with E-state index in [1.54, 1.807) is 12.1 Å². The highest BCUT2D eigenvalue weighted by molar-refractivity contribution is 9.10. The lowest BCUT2D eigenvalue weighted by Gasteiger charge is -2.30. The highest BCUT2D eigenvalue weighted by Gasteiger charge is 2.19. The van der Waals surface area contributed by atoms with Gasteiger partial charge in [0.1, 0.15) is 23.2 Å². The quantitative estimate of drug-likeness (QED) is 0.706. The summed E-state index contributed by atoms with van der Waals surface area (Å²) in [6.45, 7) is 3.28. The maximum absolute atomic E-state index is 13.0.